The lowest BCUT2D eigenvalue weighted by atomic mass is 9.89. The van der Waals surface area contributed by atoms with E-state index in [0.717, 1.165) is 19.3 Å². The van der Waals surface area contributed by atoms with Gasteiger partial charge in [0.1, 0.15) is 5.82 Å². The molecule has 2 unspecified atom stereocenters. The molecule has 1 aromatic rings. The third kappa shape index (κ3) is 2.50. The molecule has 2 aliphatic rings. The molecule has 4 heteroatoms. The van der Waals surface area contributed by atoms with E-state index in [9.17, 15) is 9.18 Å². The fraction of sp³-hybridized carbons (Fsp3) is 0.533. The molecule has 3 nitrogen and oxygen atoms in total. The van der Waals surface area contributed by atoms with Crippen LogP contribution in [0, 0.1) is 5.82 Å². The van der Waals surface area contributed by atoms with Crippen LogP contribution in [0.2, 0.25) is 0 Å². The summed E-state index contributed by atoms with van der Waals surface area (Å²) in [7, 11) is 0. The second-order valence-corrected chi connectivity index (χ2v) is 5.27. The Hall–Kier alpha value is -1.42. The van der Waals surface area contributed by atoms with Crippen molar-refractivity contribution in [3.05, 3.63) is 35.6 Å². The van der Waals surface area contributed by atoms with Crippen LogP contribution in [0.3, 0.4) is 0 Å². The molecule has 3 rings (SSSR count). The normalized spacial score (nSPS) is 26.9. The topological polar surface area (TPSA) is 29.5 Å². The van der Waals surface area contributed by atoms with Crippen molar-refractivity contribution in [3.8, 4) is 0 Å². The van der Waals surface area contributed by atoms with Gasteiger partial charge in [0, 0.05) is 12.1 Å². The Kier molecular flexibility index (Phi) is 3.51. The van der Waals surface area contributed by atoms with Gasteiger partial charge in [-0.2, -0.15) is 0 Å². The summed E-state index contributed by atoms with van der Waals surface area (Å²) in [5.41, 5.74) is 0.563. The van der Waals surface area contributed by atoms with Crippen molar-refractivity contribution in [1.29, 1.82) is 0 Å². The van der Waals surface area contributed by atoms with Crippen molar-refractivity contribution in [2.24, 2.45) is 0 Å². The van der Waals surface area contributed by atoms with Crippen LogP contribution < -0.4 is 0 Å². The smallest absolute Gasteiger partial charge is 0.254 e. The van der Waals surface area contributed by atoms with E-state index < -0.39 is 0 Å². The third-order valence-electron chi connectivity index (χ3n) is 4.08. The molecule has 1 amide bonds. The summed E-state index contributed by atoms with van der Waals surface area (Å²) >= 11 is 0. The molecule has 2 atom stereocenters. The quantitative estimate of drug-likeness (QED) is 0.779. The molecule has 1 saturated heterocycles. The SMILES string of the molecule is O=C(c1ccc(F)cc1)N1CCOC2CCCCC21. The highest BCUT2D eigenvalue weighted by Crippen LogP contribution is 2.29. The Morgan fingerprint density at radius 3 is 2.74 bits per heavy atom. The standard InChI is InChI=1S/C15H18FNO2/c16-12-7-5-11(6-8-12)15(18)17-9-10-19-14-4-2-1-3-13(14)17/h5-8,13-14H,1-4,9-10H2. The van der Waals surface area contributed by atoms with E-state index in [-0.39, 0.29) is 23.9 Å². The van der Waals surface area contributed by atoms with Crippen LogP contribution in [0.25, 0.3) is 0 Å². The molecule has 1 aliphatic heterocycles. The monoisotopic (exact) mass is 263 g/mol. The van der Waals surface area contributed by atoms with Gasteiger partial charge in [-0.05, 0) is 37.1 Å². The highest BCUT2D eigenvalue weighted by Gasteiger charge is 2.36. The fourth-order valence-corrected chi connectivity index (χ4v) is 3.11. The summed E-state index contributed by atoms with van der Waals surface area (Å²) in [4.78, 5) is 14.4. The second kappa shape index (κ2) is 5.29. The Balaban J connectivity index is 1.79. The minimum Gasteiger partial charge on any atom is -0.374 e. The molecule has 1 aliphatic carbocycles. The van der Waals surface area contributed by atoms with Crippen molar-refractivity contribution in [1.82, 2.24) is 4.90 Å². The molecule has 0 bridgehead atoms. The van der Waals surface area contributed by atoms with Gasteiger partial charge >= 0.3 is 0 Å². The van der Waals surface area contributed by atoms with Gasteiger partial charge in [-0.15, -0.1) is 0 Å². The summed E-state index contributed by atoms with van der Waals surface area (Å²) in [5, 5.41) is 0. The van der Waals surface area contributed by atoms with E-state index in [0.29, 0.717) is 18.7 Å². The maximum Gasteiger partial charge on any atom is 0.254 e. The number of hydrogen-bond acceptors (Lipinski definition) is 2. The van der Waals surface area contributed by atoms with Crippen molar-refractivity contribution in [3.63, 3.8) is 0 Å². The average Bonchev–Trinajstić information content (AvgIpc) is 2.47. The predicted molar refractivity (Wildman–Crippen MR) is 69.4 cm³/mol. The summed E-state index contributed by atoms with van der Waals surface area (Å²) in [6.45, 7) is 1.24. The zero-order valence-electron chi connectivity index (χ0n) is 10.8. The van der Waals surface area contributed by atoms with Crippen LogP contribution >= 0.6 is 0 Å². The molecule has 0 spiro atoms. The van der Waals surface area contributed by atoms with Crippen LogP contribution in [-0.4, -0.2) is 36.1 Å². The number of halogens is 1. The summed E-state index contributed by atoms with van der Waals surface area (Å²) < 4.78 is 18.7. The minimum absolute atomic E-state index is 0.000185. The van der Waals surface area contributed by atoms with Gasteiger partial charge < -0.3 is 9.64 Å². The Morgan fingerprint density at radius 2 is 1.95 bits per heavy atom. The maximum atomic E-state index is 12.9. The first-order valence-corrected chi connectivity index (χ1v) is 6.94. The number of hydrogen-bond donors (Lipinski definition) is 0. The van der Waals surface area contributed by atoms with Gasteiger partial charge in [-0.3, -0.25) is 4.79 Å². The minimum atomic E-state index is -0.311. The van der Waals surface area contributed by atoms with E-state index >= 15 is 0 Å². The zero-order chi connectivity index (χ0) is 13.2. The first-order valence-electron chi connectivity index (χ1n) is 6.94. The van der Waals surface area contributed by atoms with Gasteiger partial charge in [0.05, 0.1) is 18.8 Å². The van der Waals surface area contributed by atoms with E-state index in [2.05, 4.69) is 0 Å². The van der Waals surface area contributed by atoms with Gasteiger partial charge in [-0.25, -0.2) is 4.39 Å². The third-order valence-corrected chi connectivity index (χ3v) is 4.08. The first kappa shape index (κ1) is 12.6. The lowest BCUT2D eigenvalue weighted by Crippen LogP contribution is -2.54. The number of fused-ring (bicyclic) bond motifs is 1. The molecule has 1 saturated carbocycles. The zero-order valence-corrected chi connectivity index (χ0v) is 10.8. The molecular weight excluding hydrogens is 245 g/mol. The number of carbonyl (C=O) groups is 1. The average molecular weight is 263 g/mol. The van der Waals surface area contributed by atoms with E-state index in [4.69, 9.17) is 4.74 Å². The van der Waals surface area contributed by atoms with E-state index in [1.54, 1.807) is 12.1 Å². The summed E-state index contributed by atoms with van der Waals surface area (Å²) in [6, 6.07) is 5.99. The lowest BCUT2D eigenvalue weighted by Gasteiger charge is -2.43. The summed E-state index contributed by atoms with van der Waals surface area (Å²) in [6.07, 6.45) is 4.57. The van der Waals surface area contributed by atoms with Crippen LogP contribution in [-0.2, 0) is 4.74 Å². The molecular formula is C15H18FNO2. The van der Waals surface area contributed by atoms with Gasteiger partial charge in [0.2, 0.25) is 0 Å². The molecule has 1 aromatic carbocycles. The highest BCUT2D eigenvalue weighted by atomic mass is 19.1. The van der Waals surface area contributed by atoms with E-state index in [1.807, 2.05) is 4.90 Å². The van der Waals surface area contributed by atoms with E-state index in [1.165, 1.54) is 18.6 Å². The second-order valence-electron chi connectivity index (χ2n) is 5.27. The fourth-order valence-electron chi connectivity index (χ4n) is 3.11. The predicted octanol–water partition coefficient (Wildman–Crippen LogP) is 2.61. The van der Waals surface area contributed by atoms with Crippen LogP contribution in [0.15, 0.2) is 24.3 Å². The maximum absolute atomic E-state index is 12.9. The molecule has 102 valence electrons. The van der Waals surface area contributed by atoms with Crippen LogP contribution in [0.4, 0.5) is 4.39 Å². The molecule has 0 radical (unpaired) electrons. The van der Waals surface area contributed by atoms with Gasteiger partial charge in [0.15, 0.2) is 0 Å². The molecule has 2 fully saturated rings. The van der Waals surface area contributed by atoms with Crippen LogP contribution in [0.1, 0.15) is 36.0 Å². The molecule has 0 N–H and O–H groups in total. The largest absolute Gasteiger partial charge is 0.374 e. The first-order chi connectivity index (χ1) is 9.25. The highest BCUT2D eigenvalue weighted by molar-refractivity contribution is 5.94. The number of amides is 1. The van der Waals surface area contributed by atoms with Crippen molar-refractivity contribution in [2.45, 2.75) is 37.8 Å². The molecule has 1 heterocycles. The van der Waals surface area contributed by atoms with Gasteiger partial charge in [-0.1, -0.05) is 12.8 Å². The number of nitrogens with zero attached hydrogens (tertiary/aromatic N) is 1. The number of benzene rings is 1. The number of morpholine rings is 1. The molecule has 19 heavy (non-hydrogen) atoms. The van der Waals surface area contributed by atoms with Crippen LogP contribution in [0.5, 0.6) is 0 Å². The number of rotatable bonds is 1. The molecule has 0 aromatic heterocycles. The Bertz CT molecular complexity index is 458. The Labute approximate surface area is 112 Å². The number of ether oxygens (including phenoxy) is 1. The summed E-state index contributed by atoms with van der Waals surface area (Å²) in [5.74, 6) is -0.311. The number of carbonyl (C=O) groups excluding carboxylic acids is 1. The lowest BCUT2D eigenvalue weighted by molar-refractivity contribution is -0.0752. The van der Waals surface area contributed by atoms with Crippen molar-refractivity contribution >= 4 is 5.91 Å². The van der Waals surface area contributed by atoms with Gasteiger partial charge in [0.25, 0.3) is 5.91 Å². The Morgan fingerprint density at radius 1 is 1.21 bits per heavy atom. The van der Waals surface area contributed by atoms with Crippen molar-refractivity contribution < 1.29 is 13.9 Å². The van der Waals surface area contributed by atoms with Crippen molar-refractivity contribution in [2.75, 3.05) is 13.2 Å².